The van der Waals surface area contributed by atoms with Crippen LogP contribution in [0, 0.1) is 17.0 Å². The Morgan fingerprint density at radius 1 is 0.909 bits per heavy atom. The predicted molar refractivity (Wildman–Crippen MR) is 121 cm³/mol. The lowest BCUT2D eigenvalue weighted by atomic mass is 10.1. The summed E-state index contributed by atoms with van der Waals surface area (Å²) in [5.41, 5.74) is 1.04. The summed E-state index contributed by atoms with van der Waals surface area (Å²) in [5, 5.41) is 14.0. The van der Waals surface area contributed by atoms with E-state index >= 15 is 0 Å². The topological polar surface area (TPSA) is 116 Å². The number of hydrogen-bond acceptors (Lipinski definition) is 7. The van der Waals surface area contributed by atoms with E-state index in [9.17, 15) is 14.9 Å². The molecule has 9 nitrogen and oxygen atoms in total. The van der Waals surface area contributed by atoms with Crippen LogP contribution in [0.15, 0.2) is 85.2 Å². The lowest BCUT2D eigenvalue weighted by Gasteiger charge is -2.13. The Hall–Kier alpha value is -4.79. The van der Waals surface area contributed by atoms with E-state index in [1.165, 1.54) is 18.2 Å². The second kappa shape index (κ2) is 9.56. The second-order valence-electron chi connectivity index (χ2n) is 6.92. The number of carbonyl (C=O) groups is 1. The van der Waals surface area contributed by atoms with E-state index in [0.717, 1.165) is 0 Å². The highest BCUT2D eigenvalue weighted by Gasteiger charge is 2.19. The number of nitro groups is 1. The van der Waals surface area contributed by atoms with Gasteiger partial charge in [-0.15, -0.1) is 0 Å². The number of benzene rings is 3. The third-order valence-corrected chi connectivity index (χ3v) is 4.59. The number of carbonyl (C=O) groups excluding carboxylic acids is 1. The van der Waals surface area contributed by atoms with Crippen molar-refractivity contribution in [3.8, 4) is 23.3 Å². The van der Waals surface area contributed by atoms with Crippen molar-refractivity contribution < 1.29 is 19.2 Å². The standard InChI is InChI=1S/C24H18N4O5/c1-16-14-19(33-24-25-12-5-13-26-24)9-10-21(16)27-23(29)20-15-17(28(30)31)8-11-22(20)32-18-6-3-2-4-7-18/h2-15H,1H3,(H,27,29). The largest absolute Gasteiger partial charge is 0.457 e. The molecule has 0 aliphatic heterocycles. The van der Waals surface area contributed by atoms with E-state index in [-0.39, 0.29) is 23.0 Å². The molecule has 0 fully saturated rings. The highest BCUT2D eigenvalue weighted by atomic mass is 16.6. The van der Waals surface area contributed by atoms with Crippen LogP contribution < -0.4 is 14.8 Å². The third kappa shape index (κ3) is 5.28. The van der Waals surface area contributed by atoms with Crippen molar-refractivity contribution >= 4 is 17.3 Å². The summed E-state index contributed by atoms with van der Waals surface area (Å²) in [4.78, 5) is 31.8. The van der Waals surface area contributed by atoms with Gasteiger partial charge in [0, 0.05) is 30.2 Å². The molecule has 164 valence electrons. The Balaban J connectivity index is 1.58. The highest BCUT2D eigenvalue weighted by Crippen LogP contribution is 2.30. The fraction of sp³-hybridized carbons (Fsp3) is 0.0417. The molecular weight excluding hydrogens is 424 g/mol. The molecule has 0 aliphatic rings. The Morgan fingerprint density at radius 3 is 2.36 bits per heavy atom. The third-order valence-electron chi connectivity index (χ3n) is 4.59. The second-order valence-corrected chi connectivity index (χ2v) is 6.92. The molecule has 0 spiro atoms. The summed E-state index contributed by atoms with van der Waals surface area (Å²) in [6.07, 6.45) is 3.13. The minimum atomic E-state index is -0.563. The molecule has 4 aromatic rings. The smallest absolute Gasteiger partial charge is 0.321 e. The molecule has 0 saturated heterocycles. The van der Waals surface area contributed by atoms with E-state index in [0.29, 0.717) is 22.7 Å². The van der Waals surface area contributed by atoms with Crippen molar-refractivity contribution in [2.24, 2.45) is 0 Å². The Morgan fingerprint density at radius 2 is 1.67 bits per heavy atom. The quantitative estimate of drug-likeness (QED) is 0.295. The summed E-state index contributed by atoms with van der Waals surface area (Å²) < 4.78 is 11.4. The molecule has 0 aliphatic carbocycles. The summed E-state index contributed by atoms with van der Waals surface area (Å²) in [6, 6.07) is 19.7. The van der Waals surface area contributed by atoms with Crippen LogP contribution in [0.1, 0.15) is 15.9 Å². The van der Waals surface area contributed by atoms with E-state index in [1.807, 2.05) is 6.07 Å². The molecule has 1 N–H and O–H groups in total. The number of hydrogen-bond donors (Lipinski definition) is 1. The number of aryl methyl sites for hydroxylation is 1. The number of nitrogens with one attached hydrogen (secondary N) is 1. The van der Waals surface area contributed by atoms with Gasteiger partial charge < -0.3 is 14.8 Å². The van der Waals surface area contributed by atoms with E-state index in [2.05, 4.69) is 15.3 Å². The van der Waals surface area contributed by atoms with Gasteiger partial charge in [0.25, 0.3) is 11.6 Å². The molecule has 0 atom stereocenters. The summed E-state index contributed by atoms with van der Waals surface area (Å²) in [5.74, 6) is 0.650. The Kier molecular flexibility index (Phi) is 6.21. The van der Waals surface area contributed by atoms with Gasteiger partial charge in [-0.2, -0.15) is 0 Å². The van der Waals surface area contributed by atoms with Crippen molar-refractivity contribution in [2.45, 2.75) is 6.92 Å². The molecule has 1 heterocycles. The molecule has 0 bridgehead atoms. The maximum Gasteiger partial charge on any atom is 0.321 e. The van der Waals surface area contributed by atoms with Crippen molar-refractivity contribution in [3.63, 3.8) is 0 Å². The van der Waals surface area contributed by atoms with Crippen LogP contribution in [0.5, 0.6) is 23.3 Å². The van der Waals surface area contributed by atoms with Gasteiger partial charge in [0.15, 0.2) is 0 Å². The molecule has 0 radical (unpaired) electrons. The number of ether oxygens (including phenoxy) is 2. The van der Waals surface area contributed by atoms with E-state index in [4.69, 9.17) is 9.47 Å². The maximum atomic E-state index is 13.1. The maximum absolute atomic E-state index is 13.1. The highest BCUT2D eigenvalue weighted by molar-refractivity contribution is 6.07. The minimum absolute atomic E-state index is 0.0328. The molecular formula is C24H18N4O5. The molecule has 33 heavy (non-hydrogen) atoms. The zero-order chi connectivity index (χ0) is 23.2. The molecule has 9 heteroatoms. The zero-order valence-electron chi connectivity index (χ0n) is 17.5. The number of aromatic nitrogens is 2. The van der Waals surface area contributed by atoms with Crippen LogP contribution in [-0.4, -0.2) is 20.8 Å². The predicted octanol–water partition coefficient (Wildman–Crippen LogP) is 5.53. The number of nitrogens with zero attached hydrogens (tertiary/aromatic N) is 3. The fourth-order valence-electron chi connectivity index (χ4n) is 2.99. The number of rotatable bonds is 7. The first-order valence-electron chi connectivity index (χ1n) is 9.88. The number of non-ortho nitro benzene ring substituents is 1. The van der Waals surface area contributed by atoms with Crippen LogP contribution in [0.3, 0.4) is 0 Å². The average molecular weight is 442 g/mol. The summed E-state index contributed by atoms with van der Waals surface area (Å²) >= 11 is 0. The number of amides is 1. The van der Waals surface area contributed by atoms with Gasteiger partial charge in [-0.25, -0.2) is 9.97 Å². The summed E-state index contributed by atoms with van der Waals surface area (Å²) in [7, 11) is 0. The number of anilines is 1. The van der Waals surface area contributed by atoms with Crippen LogP contribution in [0.2, 0.25) is 0 Å². The van der Waals surface area contributed by atoms with Gasteiger partial charge in [-0.1, -0.05) is 18.2 Å². The monoisotopic (exact) mass is 442 g/mol. The van der Waals surface area contributed by atoms with Gasteiger partial charge >= 0.3 is 6.01 Å². The SMILES string of the molecule is Cc1cc(Oc2ncccn2)ccc1NC(=O)c1cc([N+](=O)[O-])ccc1Oc1ccccc1. The van der Waals surface area contributed by atoms with E-state index < -0.39 is 10.8 Å². The lowest BCUT2D eigenvalue weighted by Crippen LogP contribution is -2.14. The average Bonchev–Trinajstić information content (AvgIpc) is 2.82. The molecule has 3 aromatic carbocycles. The van der Waals surface area contributed by atoms with Crippen molar-refractivity contribution in [3.05, 3.63) is 106 Å². The van der Waals surface area contributed by atoms with Gasteiger partial charge in [-0.3, -0.25) is 14.9 Å². The first kappa shape index (κ1) is 21.4. The van der Waals surface area contributed by atoms with Crippen molar-refractivity contribution in [1.82, 2.24) is 9.97 Å². The van der Waals surface area contributed by atoms with Gasteiger partial charge in [-0.05, 0) is 55.0 Å². The van der Waals surface area contributed by atoms with Gasteiger partial charge in [0.05, 0.1) is 10.5 Å². The molecule has 1 aromatic heterocycles. The van der Waals surface area contributed by atoms with E-state index in [1.54, 1.807) is 67.8 Å². The first-order chi connectivity index (χ1) is 16.0. The van der Waals surface area contributed by atoms with Crippen LogP contribution in [-0.2, 0) is 0 Å². The Bertz CT molecular complexity index is 1300. The van der Waals surface area contributed by atoms with Crippen molar-refractivity contribution in [2.75, 3.05) is 5.32 Å². The van der Waals surface area contributed by atoms with Gasteiger partial charge in [0.2, 0.25) is 0 Å². The normalized spacial score (nSPS) is 10.3. The zero-order valence-corrected chi connectivity index (χ0v) is 17.5. The van der Waals surface area contributed by atoms with Gasteiger partial charge in [0.1, 0.15) is 17.2 Å². The number of nitro benzene ring substituents is 1. The van der Waals surface area contributed by atoms with Crippen LogP contribution >= 0.6 is 0 Å². The van der Waals surface area contributed by atoms with Crippen molar-refractivity contribution in [1.29, 1.82) is 0 Å². The molecule has 1 amide bonds. The molecule has 4 rings (SSSR count). The number of para-hydroxylation sites is 1. The molecule has 0 saturated carbocycles. The lowest BCUT2D eigenvalue weighted by molar-refractivity contribution is -0.384. The minimum Gasteiger partial charge on any atom is -0.457 e. The molecule has 0 unspecified atom stereocenters. The fourth-order valence-corrected chi connectivity index (χ4v) is 2.99. The van der Waals surface area contributed by atoms with Crippen LogP contribution in [0.25, 0.3) is 0 Å². The Labute approximate surface area is 188 Å². The first-order valence-corrected chi connectivity index (χ1v) is 9.88. The van der Waals surface area contributed by atoms with Crippen LogP contribution in [0.4, 0.5) is 11.4 Å². The summed E-state index contributed by atoms with van der Waals surface area (Å²) in [6.45, 7) is 1.79.